The second-order valence-corrected chi connectivity index (χ2v) is 4.94. The third-order valence-corrected chi connectivity index (χ3v) is 3.67. The van der Waals surface area contributed by atoms with Crippen LogP contribution in [0.5, 0.6) is 0 Å². The second kappa shape index (κ2) is 5.26. The monoisotopic (exact) mass is 255 g/mol. The van der Waals surface area contributed by atoms with E-state index in [4.69, 9.17) is 0 Å². The van der Waals surface area contributed by atoms with Crippen LogP contribution in [0.2, 0.25) is 0 Å². The summed E-state index contributed by atoms with van der Waals surface area (Å²) in [6.07, 6.45) is 4.57. The number of rotatable bonds is 3. The van der Waals surface area contributed by atoms with Crippen molar-refractivity contribution in [2.24, 2.45) is 0 Å². The smallest absolute Gasteiger partial charge is 0.244 e. The van der Waals surface area contributed by atoms with Crippen LogP contribution in [0.25, 0.3) is 0 Å². The van der Waals surface area contributed by atoms with Crippen LogP contribution in [0.3, 0.4) is 0 Å². The molecular formula is C15H17N3O. The molecule has 0 aliphatic carbocycles. The van der Waals surface area contributed by atoms with E-state index in [1.165, 1.54) is 5.56 Å². The molecule has 98 valence electrons. The van der Waals surface area contributed by atoms with E-state index >= 15 is 0 Å². The van der Waals surface area contributed by atoms with Crippen LogP contribution < -0.4 is 0 Å². The molecule has 0 bridgehead atoms. The minimum absolute atomic E-state index is 0.155. The van der Waals surface area contributed by atoms with Crippen molar-refractivity contribution < 1.29 is 4.79 Å². The molecule has 2 heterocycles. The van der Waals surface area contributed by atoms with Crippen molar-refractivity contribution in [3.63, 3.8) is 0 Å². The van der Waals surface area contributed by atoms with Gasteiger partial charge in [0.1, 0.15) is 6.54 Å². The standard InChI is InChI=1S/C15H17N3O/c19-15(12-18-9-4-8-16-18)17-10-7-14(11-17)13-5-2-1-3-6-13/h1-6,8-9,14H,7,10-12H2/t14-/m0/s1. The highest BCUT2D eigenvalue weighted by Gasteiger charge is 2.27. The lowest BCUT2D eigenvalue weighted by Crippen LogP contribution is -2.31. The van der Waals surface area contributed by atoms with Crippen LogP contribution in [0.15, 0.2) is 48.8 Å². The zero-order valence-electron chi connectivity index (χ0n) is 10.8. The molecule has 1 aliphatic heterocycles. The first-order valence-corrected chi connectivity index (χ1v) is 6.63. The van der Waals surface area contributed by atoms with Gasteiger partial charge in [0.25, 0.3) is 0 Å². The van der Waals surface area contributed by atoms with E-state index < -0.39 is 0 Å². The third-order valence-electron chi connectivity index (χ3n) is 3.67. The Balaban J connectivity index is 1.61. The number of benzene rings is 1. The Hall–Kier alpha value is -2.10. The molecule has 4 nitrogen and oxygen atoms in total. The summed E-state index contributed by atoms with van der Waals surface area (Å²) in [5.41, 5.74) is 1.33. The number of hydrogen-bond acceptors (Lipinski definition) is 2. The lowest BCUT2D eigenvalue weighted by atomic mass is 9.99. The molecule has 19 heavy (non-hydrogen) atoms. The van der Waals surface area contributed by atoms with Crippen LogP contribution in [0.1, 0.15) is 17.9 Å². The second-order valence-electron chi connectivity index (χ2n) is 4.94. The predicted octanol–water partition coefficient (Wildman–Crippen LogP) is 1.90. The molecule has 0 N–H and O–H groups in total. The first kappa shape index (κ1) is 12.0. The molecule has 1 aromatic heterocycles. The number of nitrogens with zero attached hydrogens (tertiary/aromatic N) is 3. The average Bonchev–Trinajstić information content (AvgIpc) is 3.10. The van der Waals surface area contributed by atoms with Gasteiger partial charge in [0.05, 0.1) is 0 Å². The zero-order chi connectivity index (χ0) is 13.1. The highest BCUT2D eigenvalue weighted by Crippen LogP contribution is 2.26. The summed E-state index contributed by atoms with van der Waals surface area (Å²) in [6.45, 7) is 2.01. The van der Waals surface area contributed by atoms with Crippen LogP contribution in [-0.4, -0.2) is 33.7 Å². The molecule has 1 amide bonds. The topological polar surface area (TPSA) is 38.1 Å². The number of carbonyl (C=O) groups excluding carboxylic acids is 1. The van der Waals surface area contributed by atoms with E-state index in [0.717, 1.165) is 19.5 Å². The summed E-state index contributed by atoms with van der Waals surface area (Å²) in [6, 6.07) is 12.3. The first-order chi connectivity index (χ1) is 9.33. The van der Waals surface area contributed by atoms with Crippen molar-refractivity contribution in [3.05, 3.63) is 54.4 Å². The molecule has 1 fully saturated rings. The van der Waals surface area contributed by atoms with Crippen LogP contribution in [0, 0.1) is 0 Å². The van der Waals surface area contributed by atoms with Crippen LogP contribution >= 0.6 is 0 Å². The van der Waals surface area contributed by atoms with Crippen LogP contribution in [-0.2, 0) is 11.3 Å². The fourth-order valence-electron chi connectivity index (χ4n) is 2.62. The van der Waals surface area contributed by atoms with Gasteiger partial charge in [0.15, 0.2) is 0 Å². The Kier molecular flexibility index (Phi) is 3.31. The van der Waals surface area contributed by atoms with Crippen molar-refractivity contribution in [3.8, 4) is 0 Å². The average molecular weight is 255 g/mol. The minimum Gasteiger partial charge on any atom is -0.340 e. The highest BCUT2D eigenvalue weighted by molar-refractivity contribution is 5.76. The van der Waals surface area contributed by atoms with Gasteiger partial charge in [0, 0.05) is 31.4 Å². The van der Waals surface area contributed by atoms with Gasteiger partial charge in [-0.1, -0.05) is 30.3 Å². The normalized spacial score (nSPS) is 18.7. The number of amides is 1. The van der Waals surface area contributed by atoms with Gasteiger partial charge in [-0.25, -0.2) is 0 Å². The molecule has 0 saturated carbocycles. The molecule has 3 rings (SSSR count). The molecule has 2 aromatic rings. The van der Waals surface area contributed by atoms with Crippen molar-refractivity contribution in [1.29, 1.82) is 0 Å². The molecule has 1 aromatic carbocycles. The zero-order valence-corrected chi connectivity index (χ0v) is 10.8. The summed E-state index contributed by atoms with van der Waals surface area (Å²) in [5.74, 6) is 0.630. The Labute approximate surface area is 112 Å². The molecule has 0 unspecified atom stereocenters. The van der Waals surface area contributed by atoms with Crippen molar-refractivity contribution in [1.82, 2.24) is 14.7 Å². The van der Waals surface area contributed by atoms with Gasteiger partial charge >= 0.3 is 0 Å². The molecule has 1 aliphatic rings. The SMILES string of the molecule is O=C(Cn1cccn1)N1CC[C@H](c2ccccc2)C1. The molecule has 4 heteroatoms. The minimum atomic E-state index is 0.155. The third kappa shape index (κ3) is 2.67. The van der Waals surface area contributed by atoms with E-state index in [1.54, 1.807) is 10.9 Å². The van der Waals surface area contributed by atoms with E-state index in [1.807, 2.05) is 23.2 Å². The Morgan fingerprint density at radius 1 is 1.26 bits per heavy atom. The maximum absolute atomic E-state index is 12.2. The van der Waals surface area contributed by atoms with Crippen molar-refractivity contribution in [2.45, 2.75) is 18.9 Å². The number of aromatic nitrogens is 2. The largest absolute Gasteiger partial charge is 0.340 e. The van der Waals surface area contributed by atoms with Gasteiger partial charge in [-0.05, 0) is 18.1 Å². The van der Waals surface area contributed by atoms with E-state index in [2.05, 4.69) is 29.4 Å². The van der Waals surface area contributed by atoms with Crippen LogP contribution in [0.4, 0.5) is 0 Å². The summed E-state index contributed by atoms with van der Waals surface area (Å²) < 4.78 is 1.68. The number of hydrogen-bond donors (Lipinski definition) is 0. The quantitative estimate of drug-likeness (QED) is 0.840. The van der Waals surface area contributed by atoms with E-state index in [0.29, 0.717) is 12.5 Å². The lowest BCUT2D eigenvalue weighted by molar-refractivity contribution is -0.131. The number of carbonyl (C=O) groups is 1. The van der Waals surface area contributed by atoms with Gasteiger partial charge in [-0.2, -0.15) is 5.10 Å². The molecule has 0 radical (unpaired) electrons. The molecular weight excluding hydrogens is 238 g/mol. The van der Waals surface area contributed by atoms with Gasteiger partial charge in [0.2, 0.25) is 5.91 Å². The van der Waals surface area contributed by atoms with Gasteiger partial charge in [-0.3, -0.25) is 9.48 Å². The van der Waals surface area contributed by atoms with E-state index in [9.17, 15) is 4.79 Å². The summed E-state index contributed by atoms with van der Waals surface area (Å²) in [4.78, 5) is 14.1. The van der Waals surface area contributed by atoms with E-state index in [-0.39, 0.29) is 5.91 Å². The summed E-state index contributed by atoms with van der Waals surface area (Å²) in [5, 5.41) is 4.07. The maximum Gasteiger partial charge on any atom is 0.244 e. The maximum atomic E-state index is 12.2. The summed E-state index contributed by atoms with van der Waals surface area (Å²) >= 11 is 0. The Bertz CT molecular complexity index is 536. The fraction of sp³-hybridized carbons (Fsp3) is 0.333. The van der Waals surface area contributed by atoms with Gasteiger partial charge in [-0.15, -0.1) is 0 Å². The first-order valence-electron chi connectivity index (χ1n) is 6.63. The molecule has 1 saturated heterocycles. The fourth-order valence-corrected chi connectivity index (χ4v) is 2.62. The summed E-state index contributed by atoms with van der Waals surface area (Å²) in [7, 11) is 0. The molecule has 1 atom stereocenters. The highest BCUT2D eigenvalue weighted by atomic mass is 16.2. The van der Waals surface area contributed by atoms with Crippen molar-refractivity contribution >= 4 is 5.91 Å². The van der Waals surface area contributed by atoms with Gasteiger partial charge < -0.3 is 4.90 Å². The van der Waals surface area contributed by atoms with Crippen molar-refractivity contribution in [2.75, 3.05) is 13.1 Å². The predicted molar refractivity (Wildman–Crippen MR) is 72.6 cm³/mol. The molecule has 0 spiro atoms. The lowest BCUT2D eigenvalue weighted by Gasteiger charge is -2.16. The Morgan fingerprint density at radius 3 is 2.84 bits per heavy atom. The Morgan fingerprint density at radius 2 is 2.11 bits per heavy atom. The number of likely N-dealkylation sites (tertiary alicyclic amines) is 1.